The third kappa shape index (κ3) is 3.90. The fourth-order valence-electron chi connectivity index (χ4n) is 3.25. The fraction of sp³-hybridized carbons (Fsp3) is 0.400. The predicted molar refractivity (Wildman–Crippen MR) is 101 cm³/mol. The lowest BCUT2D eigenvalue weighted by Crippen LogP contribution is -2.36. The Kier molecular flexibility index (Phi) is 4.93. The van der Waals surface area contributed by atoms with Crippen molar-refractivity contribution in [1.82, 2.24) is 4.90 Å². The molecule has 0 N–H and O–H groups in total. The minimum absolute atomic E-state index is 0.0275. The van der Waals surface area contributed by atoms with Crippen molar-refractivity contribution >= 4 is 28.8 Å². The van der Waals surface area contributed by atoms with Crippen molar-refractivity contribution in [2.45, 2.75) is 38.3 Å². The highest BCUT2D eigenvalue weighted by molar-refractivity contribution is 7.09. The topological polar surface area (TPSA) is 49.9 Å². The van der Waals surface area contributed by atoms with Crippen molar-refractivity contribution in [3.8, 4) is 5.75 Å². The van der Waals surface area contributed by atoms with Gasteiger partial charge in [-0.25, -0.2) is 0 Å². The Morgan fingerprint density at radius 1 is 1.23 bits per heavy atom. The Morgan fingerprint density at radius 2 is 2.04 bits per heavy atom. The summed E-state index contributed by atoms with van der Waals surface area (Å²) in [5, 5.41) is 2.04. The summed E-state index contributed by atoms with van der Waals surface area (Å²) in [6.07, 6.45) is 3.69. The van der Waals surface area contributed by atoms with Gasteiger partial charge in [0, 0.05) is 29.6 Å². The van der Waals surface area contributed by atoms with Crippen LogP contribution in [0.4, 0.5) is 5.69 Å². The number of hydrogen-bond acceptors (Lipinski definition) is 4. The Morgan fingerprint density at radius 3 is 2.65 bits per heavy atom. The van der Waals surface area contributed by atoms with Crippen LogP contribution in [0.1, 0.15) is 30.6 Å². The molecule has 0 radical (unpaired) electrons. The van der Waals surface area contributed by atoms with Gasteiger partial charge >= 0.3 is 0 Å². The Bertz CT molecular complexity index is 769. The first-order valence-electron chi connectivity index (χ1n) is 9.06. The molecule has 1 saturated heterocycles. The van der Waals surface area contributed by atoms with Crippen LogP contribution in [0.25, 0.3) is 0 Å². The van der Waals surface area contributed by atoms with Gasteiger partial charge in [0.15, 0.2) is 6.61 Å². The second kappa shape index (κ2) is 7.50. The van der Waals surface area contributed by atoms with E-state index < -0.39 is 0 Å². The zero-order valence-corrected chi connectivity index (χ0v) is 15.4. The summed E-state index contributed by atoms with van der Waals surface area (Å²) in [6, 6.07) is 11.9. The lowest BCUT2D eigenvalue weighted by atomic mass is 10.3. The van der Waals surface area contributed by atoms with Crippen molar-refractivity contribution < 1.29 is 14.3 Å². The average Bonchev–Trinajstić information content (AvgIpc) is 3.19. The highest BCUT2D eigenvalue weighted by Gasteiger charge is 2.32. The third-order valence-electron chi connectivity index (χ3n) is 4.80. The average molecular weight is 370 g/mol. The molecule has 1 saturated carbocycles. The molecule has 0 unspecified atom stereocenters. The van der Waals surface area contributed by atoms with Crippen LogP contribution in [-0.2, 0) is 16.1 Å². The van der Waals surface area contributed by atoms with Gasteiger partial charge in [0.05, 0.1) is 6.54 Å². The number of carbonyl (C=O) groups excluding carboxylic acids is 2. The number of thiophene rings is 1. The maximum atomic E-state index is 12.6. The Balaban J connectivity index is 1.33. The van der Waals surface area contributed by atoms with E-state index in [4.69, 9.17) is 4.74 Å². The molecular weight excluding hydrogens is 348 g/mol. The fourth-order valence-corrected chi connectivity index (χ4v) is 3.95. The van der Waals surface area contributed by atoms with E-state index in [2.05, 4.69) is 6.07 Å². The van der Waals surface area contributed by atoms with E-state index in [0.29, 0.717) is 24.8 Å². The van der Waals surface area contributed by atoms with Crippen LogP contribution >= 0.6 is 11.3 Å². The molecule has 26 heavy (non-hydrogen) atoms. The van der Waals surface area contributed by atoms with Gasteiger partial charge in [-0.05, 0) is 55.0 Å². The number of amides is 2. The molecule has 2 aliphatic rings. The van der Waals surface area contributed by atoms with E-state index in [1.807, 2.05) is 40.6 Å². The largest absolute Gasteiger partial charge is 0.484 e. The molecule has 1 aromatic carbocycles. The van der Waals surface area contributed by atoms with Gasteiger partial charge < -0.3 is 14.5 Å². The summed E-state index contributed by atoms with van der Waals surface area (Å²) in [5.41, 5.74) is 0.892. The predicted octanol–water partition coefficient (Wildman–Crippen LogP) is 3.44. The number of hydrogen-bond donors (Lipinski definition) is 0. The van der Waals surface area contributed by atoms with E-state index in [0.717, 1.165) is 31.5 Å². The zero-order valence-electron chi connectivity index (χ0n) is 14.6. The molecule has 0 bridgehead atoms. The van der Waals surface area contributed by atoms with Gasteiger partial charge in [0.1, 0.15) is 5.75 Å². The van der Waals surface area contributed by atoms with Crippen LogP contribution < -0.4 is 9.64 Å². The third-order valence-corrected chi connectivity index (χ3v) is 5.66. The molecule has 0 spiro atoms. The monoisotopic (exact) mass is 370 g/mol. The van der Waals surface area contributed by atoms with Gasteiger partial charge in [0.2, 0.25) is 5.91 Å². The summed E-state index contributed by atoms with van der Waals surface area (Å²) in [6.45, 7) is 1.49. The molecule has 1 aliphatic carbocycles. The van der Waals surface area contributed by atoms with E-state index in [1.54, 1.807) is 16.2 Å². The van der Waals surface area contributed by atoms with E-state index >= 15 is 0 Å². The van der Waals surface area contributed by atoms with Gasteiger partial charge in [-0.3, -0.25) is 9.59 Å². The Hall–Kier alpha value is -2.34. The highest BCUT2D eigenvalue weighted by Crippen LogP contribution is 2.29. The number of rotatable bonds is 7. The molecule has 136 valence electrons. The molecule has 0 atom stereocenters. The first-order valence-corrected chi connectivity index (χ1v) is 9.94. The maximum Gasteiger partial charge on any atom is 0.261 e. The van der Waals surface area contributed by atoms with Crippen LogP contribution in [0.2, 0.25) is 0 Å². The summed E-state index contributed by atoms with van der Waals surface area (Å²) in [4.78, 5) is 29.3. The first-order chi connectivity index (χ1) is 12.7. The van der Waals surface area contributed by atoms with Gasteiger partial charge in [-0.15, -0.1) is 11.3 Å². The normalized spacial score (nSPS) is 16.8. The van der Waals surface area contributed by atoms with Gasteiger partial charge in [0.25, 0.3) is 5.91 Å². The van der Waals surface area contributed by atoms with E-state index in [9.17, 15) is 9.59 Å². The summed E-state index contributed by atoms with van der Waals surface area (Å²) >= 11 is 1.68. The molecular formula is C20H22N2O3S. The molecule has 5 nitrogen and oxygen atoms in total. The summed E-state index contributed by atoms with van der Waals surface area (Å²) < 4.78 is 5.70. The van der Waals surface area contributed by atoms with Crippen molar-refractivity contribution in [1.29, 1.82) is 0 Å². The molecule has 6 heteroatoms. The molecule has 2 aromatic rings. The standard InChI is InChI=1S/C20H22N2O3S/c23-19-4-1-11-21(19)15-7-9-17(10-8-15)25-14-20(24)22(16-5-6-16)13-18-3-2-12-26-18/h2-3,7-10,12,16H,1,4-6,11,13-14H2. The molecule has 2 amide bonds. The highest BCUT2D eigenvalue weighted by atomic mass is 32.1. The van der Waals surface area contributed by atoms with Gasteiger partial charge in [-0.2, -0.15) is 0 Å². The second-order valence-corrected chi connectivity index (χ2v) is 7.80. The molecule has 1 aromatic heterocycles. The first kappa shape index (κ1) is 17.1. The smallest absolute Gasteiger partial charge is 0.261 e. The quantitative estimate of drug-likeness (QED) is 0.750. The number of anilines is 1. The Labute approximate surface area is 157 Å². The number of nitrogens with zero attached hydrogens (tertiary/aromatic N) is 2. The molecule has 2 fully saturated rings. The lowest BCUT2D eigenvalue weighted by Gasteiger charge is -2.22. The number of ether oxygens (including phenoxy) is 1. The van der Waals surface area contributed by atoms with E-state index in [1.165, 1.54) is 4.88 Å². The number of carbonyl (C=O) groups is 2. The van der Waals surface area contributed by atoms with Crippen molar-refractivity contribution in [3.63, 3.8) is 0 Å². The molecule has 4 rings (SSSR count). The summed E-state index contributed by atoms with van der Waals surface area (Å²) in [5.74, 6) is 0.850. The SMILES string of the molecule is O=C1CCCN1c1ccc(OCC(=O)N(Cc2cccs2)C2CC2)cc1. The van der Waals surface area contributed by atoms with E-state index in [-0.39, 0.29) is 18.4 Å². The van der Waals surface area contributed by atoms with Crippen molar-refractivity contribution in [3.05, 3.63) is 46.7 Å². The number of benzene rings is 1. The zero-order chi connectivity index (χ0) is 17.9. The van der Waals surface area contributed by atoms with Crippen LogP contribution in [0.15, 0.2) is 41.8 Å². The lowest BCUT2D eigenvalue weighted by molar-refractivity contribution is -0.134. The van der Waals surface area contributed by atoms with Crippen LogP contribution in [0, 0.1) is 0 Å². The van der Waals surface area contributed by atoms with Gasteiger partial charge in [-0.1, -0.05) is 6.07 Å². The van der Waals surface area contributed by atoms with Crippen molar-refractivity contribution in [2.75, 3.05) is 18.1 Å². The molecule has 1 aliphatic heterocycles. The van der Waals surface area contributed by atoms with Crippen LogP contribution in [-0.4, -0.2) is 35.9 Å². The minimum atomic E-state index is 0.0275. The summed E-state index contributed by atoms with van der Waals surface area (Å²) in [7, 11) is 0. The minimum Gasteiger partial charge on any atom is -0.484 e. The van der Waals surface area contributed by atoms with Crippen molar-refractivity contribution in [2.24, 2.45) is 0 Å². The maximum absolute atomic E-state index is 12.6. The van der Waals surface area contributed by atoms with Crippen LogP contribution in [0.5, 0.6) is 5.75 Å². The molecule has 2 heterocycles. The second-order valence-electron chi connectivity index (χ2n) is 6.76. The van der Waals surface area contributed by atoms with Crippen LogP contribution in [0.3, 0.4) is 0 Å².